The summed E-state index contributed by atoms with van der Waals surface area (Å²) in [7, 11) is 0. The van der Waals surface area contributed by atoms with E-state index in [1.807, 2.05) is 12.1 Å². The summed E-state index contributed by atoms with van der Waals surface area (Å²) >= 11 is 0. The molecule has 2 aromatic rings. The normalized spacial score (nSPS) is 15.4. The molecule has 0 unspecified atom stereocenters. The highest BCUT2D eigenvalue weighted by atomic mass is 16.6. The number of nitro benzene ring substituents is 1. The van der Waals surface area contributed by atoms with E-state index >= 15 is 0 Å². The molecule has 0 saturated carbocycles. The molecule has 2 N–H and O–H groups in total. The molecule has 1 aliphatic rings. The molecule has 0 aliphatic carbocycles. The van der Waals surface area contributed by atoms with Crippen LogP contribution in [-0.2, 0) is 6.54 Å². The van der Waals surface area contributed by atoms with Gasteiger partial charge >= 0.3 is 0 Å². The van der Waals surface area contributed by atoms with E-state index in [1.54, 1.807) is 11.2 Å². The van der Waals surface area contributed by atoms with Gasteiger partial charge in [-0.05, 0) is 24.3 Å². The molecule has 0 atom stereocenters. The number of hydrogen-bond donors (Lipinski definition) is 1. The van der Waals surface area contributed by atoms with Crippen molar-refractivity contribution in [2.75, 3.05) is 31.9 Å². The average Bonchev–Trinajstić information content (AvgIpc) is 3.08. The van der Waals surface area contributed by atoms with Gasteiger partial charge in [0.2, 0.25) is 0 Å². The summed E-state index contributed by atoms with van der Waals surface area (Å²) in [5.74, 6) is 0.680. The first-order valence-electron chi connectivity index (χ1n) is 7.62. The number of furan rings is 1. The van der Waals surface area contributed by atoms with Crippen molar-refractivity contribution >= 4 is 17.3 Å². The molecular formula is C16H18N4O4. The maximum Gasteiger partial charge on any atom is 0.292 e. The summed E-state index contributed by atoms with van der Waals surface area (Å²) in [6.45, 7) is 3.30. The molecular weight excluding hydrogens is 312 g/mol. The topological polar surface area (TPSA) is 106 Å². The number of hydrogen-bond acceptors (Lipinski definition) is 6. The van der Waals surface area contributed by atoms with Crippen molar-refractivity contribution in [2.45, 2.75) is 6.54 Å². The highest BCUT2D eigenvalue weighted by molar-refractivity contribution is 5.95. The number of nitrogens with zero attached hydrogens (tertiary/aromatic N) is 3. The van der Waals surface area contributed by atoms with E-state index in [9.17, 15) is 14.9 Å². The predicted molar refractivity (Wildman–Crippen MR) is 87.4 cm³/mol. The number of nitrogen functional groups attached to an aromatic ring is 1. The number of amides is 1. The Morgan fingerprint density at radius 3 is 2.62 bits per heavy atom. The standard InChI is InChI=1S/C16H18N4O4/c17-14-4-3-12(10-15(14)20(22)23)16(21)19-7-5-18(6-8-19)11-13-2-1-9-24-13/h1-4,9-10H,5-8,11,17H2. The Kier molecular flexibility index (Phi) is 4.48. The summed E-state index contributed by atoms with van der Waals surface area (Å²) in [6.07, 6.45) is 1.64. The third kappa shape index (κ3) is 3.38. The lowest BCUT2D eigenvalue weighted by Gasteiger charge is -2.34. The SMILES string of the molecule is Nc1ccc(C(=O)N2CCN(Cc3ccco3)CC2)cc1[N+](=O)[O-]. The van der Waals surface area contributed by atoms with E-state index in [1.165, 1.54) is 18.2 Å². The van der Waals surface area contributed by atoms with Crippen LogP contribution in [0, 0.1) is 10.1 Å². The first kappa shape index (κ1) is 16.0. The zero-order valence-corrected chi connectivity index (χ0v) is 13.1. The van der Waals surface area contributed by atoms with Gasteiger partial charge in [0.1, 0.15) is 11.4 Å². The van der Waals surface area contributed by atoms with Crippen LogP contribution in [0.4, 0.5) is 11.4 Å². The van der Waals surface area contributed by atoms with Crippen molar-refractivity contribution in [1.29, 1.82) is 0 Å². The Balaban J connectivity index is 1.63. The minimum absolute atomic E-state index is 0.0554. The van der Waals surface area contributed by atoms with Crippen LogP contribution in [-0.4, -0.2) is 46.8 Å². The molecule has 1 aliphatic heterocycles. The molecule has 126 valence electrons. The molecule has 1 aromatic heterocycles. The second kappa shape index (κ2) is 6.71. The minimum atomic E-state index is -0.576. The number of nitrogens with two attached hydrogens (primary N) is 1. The predicted octanol–water partition coefficient (Wildman–Crippen LogP) is 1.73. The van der Waals surface area contributed by atoms with Gasteiger partial charge in [-0.25, -0.2) is 0 Å². The fourth-order valence-corrected chi connectivity index (χ4v) is 2.75. The first-order chi connectivity index (χ1) is 11.5. The van der Waals surface area contributed by atoms with E-state index < -0.39 is 4.92 Å². The number of nitro groups is 1. The quantitative estimate of drug-likeness (QED) is 0.520. The molecule has 8 heteroatoms. The van der Waals surface area contributed by atoms with Crippen molar-refractivity contribution in [3.63, 3.8) is 0 Å². The molecule has 0 spiro atoms. The van der Waals surface area contributed by atoms with Gasteiger partial charge in [-0.3, -0.25) is 19.8 Å². The van der Waals surface area contributed by atoms with Gasteiger partial charge in [0.25, 0.3) is 11.6 Å². The van der Waals surface area contributed by atoms with E-state index in [0.29, 0.717) is 19.6 Å². The Bertz CT molecular complexity index is 737. The summed E-state index contributed by atoms with van der Waals surface area (Å²) < 4.78 is 5.33. The fraction of sp³-hybridized carbons (Fsp3) is 0.312. The molecule has 1 amide bonds. The number of benzene rings is 1. The van der Waals surface area contributed by atoms with Crippen LogP contribution in [0.2, 0.25) is 0 Å². The second-order valence-corrected chi connectivity index (χ2v) is 5.68. The minimum Gasteiger partial charge on any atom is -0.468 e. The maximum absolute atomic E-state index is 12.5. The van der Waals surface area contributed by atoms with E-state index in [2.05, 4.69) is 4.90 Å². The summed E-state index contributed by atoms with van der Waals surface area (Å²) in [5, 5.41) is 11.0. The monoisotopic (exact) mass is 330 g/mol. The zero-order chi connectivity index (χ0) is 17.1. The van der Waals surface area contributed by atoms with Gasteiger partial charge in [-0.2, -0.15) is 0 Å². The van der Waals surface area contributed by atoms with Gasteiger partial charge in [-0.1, -0.05) is 0 Å². The third-order valence-corrected chi connectivity index (χ3v) is 4.09. The smallest absolute Gasteiger partial charge is 0.292 e. The van der Waals surface area contributed by atoms with Crippen molar-refractivity contribution in [3.8, 4) is 0 Å². The van der Waals surface area contributed by atoms with Crippen LogP contribution < -0.4 is 5.73 Å². The van der Waals surface area contributed by atoms with E-state index in [4.69, 9.17) is 10.2 Å². The van der Waals surface area contributed by atoms with Crippen LogP contribution in [0.15, 0.2) is 41.0 Å². The van der Waals surface area contributed by atoms with Crippen LogP contribution in [0.1, 0.15) is 16.1 Å². The van der Waals surface area contributed by atoms with E-state index in [0.717, 1.165) is 18.8 Å². The van der Waals surface area contributed by atoms with Crippen LogP contribution in [0.3, 0.4) is 0 Å². The lowest BCUT2D eigenvalue weighted by Crippen LogP contribution is -2.48. The molecule has 8 nitrogen and oxygen atoms in total. The molecule has 24 heavy (non-hydrogen) atoms. The number of carbonyl (C=O) groups is 1. The number of rotatable bonds is 4. The van der Waals surface area contributed by atoms with Crippen molar-refractivity contribution in [1.82, 2.24) is 9.80 Å². The Morgan fingerprint density at radius 1 is 1.25 bits per heavy atom. The number of carbonyl (C=O) groups excluding carboxylic acids is 1. The summed E-state index contributed by atoms with van der Waals surface area (Å²) in [4.78, 5) is 26.8. The van der Waals surface area contributed by atoms with Gasteiger partial charge in [0.15, 0.2) is 0 Å². The first-order valence-corrected chi connectivity index (χ1v) is 7.62. The van der Waals surface area contributed by atoms with Crippen molar-refractivity contribution < 1.29 is 14.1 Å². The van der Waals surface area contributed by atoms with Gasteiger partial charge in [0, 0.05) is 37.8 Å². The Morgan fingerprint density at radius 2 is 2.00 bits per heavy atom. The molecule has 2 heterocycles. The highest BCUT2D eigenvalue weighted by Gasteiger charge is 2.24. The van der Waals surface area contributed by atoms with Crippen LogP contribution in [0.25, 0.3) is 0 Å². The van der Waals surface area contributed by atoms with Crippen LogP contribution in [0.5, 0.6) is 0 Å². The Labute approximate surface area is 138 Å². The molecule has 0 radical (unpaired) electrons. The maximum atomic E-state index is 12.5. The second-order valence-electron chi connectivity index (χ2n) is 5.68. The molecule has 0 bridgehead atoms. The molecule has 1 saturated heterocycles. The molecule has 3 rings (SSSR count). The van der Waals surface area contributed by atoms with Crippen molar-refractivity contribution in [3.05, 3.63) is 58.0 Å². The molecule has 1 fully saturated rings. The third-order valence-electron chi connectivity index (χ3n) is 4.09. The highest BCUT2D eigenvalue weighted by Crippen LogP contribution is 2.23. The van der Waals surface area contributed by atoms with E-state index in [-0.39, 0.29) is 22.8 Å². The molecule has 1 aromatic carbocycles. The summed E-state index contributed by atoms with van der Waals surface area (Å²) in [5.41, 5.74) is 5.67. The summed E-state index contributed by atoms with van der Waals surface area (Å²) in [6, 6.07) is 7.94. The Hall–Kier alpha value is -2.87. The largest absolute Gasteiger partial charge is 0.468 e. The number of anilines is 1. The lowest BCUT2D eigenvalue weighted by molar-refractivity contribution is -0.383. The van der Waals surface area contributed by atoms with Gasteiger partial charge in [0.05, 0.1) is 17.7 Å². The number of piperazine rings is 1. The van der Waals surface area contributed by atoms with Gasteiger partial charge < -0.3 is 15.1 Å². The fourth-order valence-electron chi connectivity index (χ4n) is 2.75. The van der Waals surface area contributed by atoms with Gasteiger partial charge in [-0.15, -0.1) is 0 Å². The van der Waals surface area contributed by atoms with Crippen molar-refractivity contribution in [2.24, 2.45) is 0 Å². The lowest BCUT2D eigenvalue weighted by atomic mass is 10.1. The van der Waals surface area contributed by atoms with Crippen LogP contribution >= 0.6 is 0 Å². The zero-order valence-electron chi connectivity index (χ0n) is 13.1. The average molecular weight is 330 g/mol.